The van der Waals surface area contributed by atoms with Crippen LogP contribution >= 0.6 is 0 Å². The predicted molar refractivity (Wildman–Crippen MR) is 109 cm³/mol. The number of hydrogen-bond donors (Lipinski definition) is 2. The van der Waals surface area contributed by atoms with E-state index in [1.807, 2.05) is 0 Å². The summed E-state index contributed by atoms with van der Waals surface area (Å²) in [6, 6.07) is 7.83. The van der Waals surface area contributed by atoms with Gasteiger partial charge in [0.25, 0.3) is 10.0 Å². The third kappa shape index (κ3) is 5.60. The highest BCUT2D eigenvalue weighted by molar-refractivity contribution is 7.92. The van der Waals surface area contributed by atoms with Gasteiger partial charge in [0.05, 0.1) is 17.4 Å². The van der Waals surface area contributed by atoms with E-state index < -0.39 is 33.7 Å². The molecule has 0 fully saturated rings. The van der Waals surface area contributed by atoms with Gasteiger partial charge in [-0.2, -0.15) is 18.3 Å². The Morgan fingerprint density at radius 3 is 2.34 bits per heavy atom. The van der Waals surface area contributed by atoms with E-state index in [0.29, 0.717) is 5.69 Å². The lowest BCUT2D eigenvalue weighted by atomic mass is 10.1. The Morgan fingerprint density at radius 1 is 1.16 bits per heavy atom. The number of alkyl halides is 3. The molecule has 3 aromatic rings. The van der Waals surface area contributed by atoms with Crippen molar-refractivity contribution in [3.8, 4) is 0 Å². The molecule has 1 unspecified atom stereocenters. The van der Waals surface area contributed by atoms with Crippen molar-refractivity contribution in [3.05, 3.63) is 60.2 Å². The monoisotopic (exact) mass is 468 g/mol. The van der Waals surface area contributed by atoms with E-state index in [0.717, 1.165) is 10.7 Å². The second-order valence-corrected chi connectivity index (χ2v) is 8.63. The van der Waals surface area contributed by atoms with Crippen LogP contribution in [0.3, 0.4) is 0 Å². The minimum atomic E-state index is -4.56. The molecule has 9 nitrogen and oxygen atoms in total. The van der Waals surface area contributed by atoms with Crippen molar-refractivity contribution in [2.75, 3.05) is 10.0 Å². The molecule has 2 aromatic heterocycles. The molecule has 1 amide bonds. The van der Waals surface area contributed by atoms with Gasteiger partial charge in [-0.05, 0) is 43.3 Å². The molecule has 1 aromatic carbocycles. The minimum Gasteiger partial charge on any atom is -0.326 e. The van der Waals surface area contributed by atoms with E-state index >= 15 is 0 Å². The van der Waals surface area contributed by atoms with Gasteiger partial charge in [-0.1, -0.05) is 6.92 Å². The normalized spacial score (nSPS) is 12.9. The van der Waals surface area contributed by atoms with Crippen LogP contribution in [0.15, 0.2) is 53.7 Å². The zero-order valence-electron chi connectivity index (χ0n) is 17.0. The first-order chi connectivity index (χ1) is 15.0. The lowest BCUT2D eigenvalue weighted by molar-refractivity contribution is -0.141. The number of sulfonamides is 1. The van der Waals surface area contributed by atoms with Crippen molar-refractivity contribution in [1.29, 1.82) is 0 Å². The number of hydrogen-bond acceptors (Lipinski definition) is 6. The van der Waals surface area contributed by atoms with Crippen LogP contribution in [-0.4, -0.2) is 34.1 Å². The Kier molecular flexibility index (Phi) is 6.48. The molecule has 13 heteroatoms. The molecule has 0 aliphatic carbocycles. The Labute approximate surface area is 181 Å². The second-order valence-electron chi connectivity index (χ2n) is 6.94. The quantitative estimate of drug-likeness (QED) is 0.550. The summed E-state index contributed by atoms with van der Waals surface area (Å²) in [4.78, 5) is 20.0. The number of rotatable bonds is 7. The maximum atomic E-state index is 12.8. The molecule has 0 bridgehead atoms. The van der Waals surface area contributed by atoms with E-state index in [2.05, 4.69) is 25.1 Å². The number of nitrogens with one attached hydrogen (secondary N) is 2. The first-order valence-electron chi connectivity index (χ1n) is 9.28. The minimum absolute atomic E-state index is 0.0544. The molecule has 170 valence electrons. The van der Waals surface area contributed by atoms with Crippen molar-refractivity contribution < 1.29 is 26.4 Å². The van der Waals surface area contributed by atoms with E-state index in [-0.39, 0.29) is 23.1 Å². The van der Waals surface area contributed by atoms with E-state index in [1.165, 1.54) is 43.6 Å². The highest BCUT2D eigenvalue weighted by Crippen LogP contribution is 2.28. The van der Waals surface area contributed by atoms with Gasteiger partial charge >= 0.3 is 6.18 Å². The Bertz CT molecular complexity index is 1200. The number of nitrogens with zero attached hydrogens (tertiary/aromatic N) is 4. The third-order valence-electron chi connectivity index (χ3n) is 4.39. The van der Waals surface area contributed by atoms with Gasteiger partial charge in [0.2, 0.25) is 11.9 Å². The van der Waals surface area contributed by atoms with E-state index in [1.54, 1.807) is 13.0 Å². The summed E-state index contributed by atoms with van der Waals surface area (Å²) in [6.45, 7) is 2.97. The van der Waals surface area contributed by atoms with Crippen molar-refractivity contribution in [1.82, 2.24) is 19.7 Å². The highest BCUT2D eigenvalue weighted by atomic mass is 32.2. The molecule has 2 N–H and O–H groups in total. The molecule has 0 spiro atoms. The number of carbonyl (C=O) groups excluding carboxylic acids is 1. The van der Waals surface area contributed by atoms with Crippen LogP contribution in [0.1, 0.15) is 18.3 Å². The van der Waals surface area contributed by atoms with E-state index in [4.69, 9.17) is 0 Å². The summed E-state index contributed by atoms with van der Waals surface area (Å²) in [5.74, 6) is -1.24. The van der Waals surface area contributed by atoms with Gasteiger partial charge in [-0.3, -0.25) is 9.48 Å². The summed E-state index contributed by atoms with van der Waals surface area (Å²) >= 11 is 0. The molecule has 32 heavy (non-hydrogen) atoms. The van der Waals surface area contributed by atoms with Crippen LogP contribution in [0.4, 0.5) is 24.8 Å². The fraction of sp³-hybridized carbons (Fsp3) is 0.263. The van der Waals surface area contributed by atoms with Crippen LogP contribution in [0.25, 0.3) is 0 Å². The van der Waals surface area contributed by atoms with Gasteiger partial charge in [0.15, 0.2) is 5.69 Å². The molecule has 3 rings (SSSR count). The summed E-state index contributed by atoms with van der Waals surface area (Å²) < 4.78 is 66.5. The van der Waals surface area contributed by atoms with Crippen molar-refractivity contribution in [2.45, 2.75) is 31.5 Å². The van der Waals surface area contributed by atoms with E-state index in [9.17, 15) is 26.4 Å². The molecular weight excluding hydrogens is 449 g/mol. The molecule has 0 saturated carbocycles. The number of halogens is 3. The van der Waals surface area contributed by atoms with Crippen LogP contribution < -0.4 is 10.0 Å². The molecule has 0 aliphatic rings. The van der Waals surface area contributed by atoms with Gasteiger partial charge in [0, 0.05) is 23.8 Å². The summed E-state index contributed by atoms with van der Waals surface area (Å²) in [5, 5.41) is 6.12. The zero-order valence-corrected chi connectivity index (χ0v) is 17.8. The maximum absolute atomic E-state index is 12.8. The Hall–Kier alpha value is -3.48. The molecule has 0 aliphatic heterocycles. The average molecular weight is 468 g/mol. The second kappa shape index (κ2) is 8.94. The fourth-order valence-electron chi connectivity index (χ4n) is 2.69. The van der Waals surface area contributed by atoms with Crippen LogP contribution in [-0.2, 0) is 27.5 Å². The third-order valence-corrected chi connectivity index (χ3v) is 5.73. The van der Waals surface area contributed by atoms with Gasteiger partial charge in [0.1, 0.15) is 0 Å². The number of aromatic nitrogens is 4. The standard InChI is InChI=1S/C19H19F3N6O3S/c1-12(11-28-13(2)10-16(26-28)19(20,21)22)17(29)25-14-4-6-15(7-5-14)32(30,31)27-18-23-8-3-9-24-18/h3-10,12H,11H2,1-2H3,(H,25,29)(H,23,24,27). The van der Waals surface area contributed by atoms with Crippen molar-refractivity contribution in [2.24, 2.45) is 5.92 Å². The molecule has 0 saturated heterocycles. The van der Waals surface area contributed by atoms with Crippen LogP contribution in [0.5, 0.6) is 0 Å². The number of aryl methyl sites for hydroxylation is 1. The fourth-order valence-corrected chi connectivity index (χ4v) is 3.65. The first kappa shape index (κ1) is 23.2. The smallest absolute Gasteiger partial charge is 0.326 e. The zero-order chi connectivity index (χ0) is 23.5. The van der Waals surface area contributed by atoms with Gasteiger partial charge in [-0.15, -0.1) is 0 Å². The largest absolute Gasteiger partial charge is 0.435 e. The summed E-state index contributed by atoms with van der Waals surface area (Å²) in [7, 11) is -3.92. The molecule has 0 radical (unpaired) electrons. The number of anilines is 2. The van der Waals surface area contributed by atoms with Crippen molar-refractivity contribution in [3.63, 3.8) is 0 Å². The topological polar surface area (TPSA) is 119 Å². The molecular formula is C19H19F3N6O3S. The Balaban J connectivity index is 1.64. The predicted octanol–water partition coefficient (Wildman–Crippen LogP) is 3.08. The van der Waals surface area contributed by atoms with Crippen LogP contribution in [0.2, 0.25) is 0 Å². The molecule has 1 atom stereocenters. The summed E-state index contributed by atoms with van der Waals surface area (Å²) in [6.07, 6.45) is -1.79. The number of benzene rings is 1. The number of carbonyl (C=O) groups is 1. The maximum Gasteiger partial charge on any atom is 0.435 e. The van der Waals surface area contributed by atoms with Crippen molar-refractivity contribution >= 4 is 27.6 Å². The molecule has 2 heterocycles. The van der Waals surface area contributed by atoms with Crippen LogP contribution in [0, 0.1) is 12.8 Å². The lowest BCUT2D eigenvalue weighted by Gasteiger charge is -2.14. The average Bonchev–Trinajstić information content (AvgIpc) is 3.09. The van der Waals surface area contributed by atoms with Gasteiger partial charge in [-0.25, -0.2) is 23.1 Å². The number of amides is 1. The van der Waals surface area contributed by atoms with Gasteiger partial charge < -0.3 is 5.32 Å². The lowest BCUT2D eigenvalue weighted by Crippen LogP contribution is -2.25. The SMILES string of the molecule is Cc1cc(C(F)(F)F)nn1CC(C)C(=O)Nc1ccc(S(=O)(=O)Nc2ncccn2)cc1. The summed E-state index contributed by atoms with van der Waals surface area (Å²) in [5.41, 5.74) is -0.416. The highest BCUT2D eigenvalue weighted by Gasteiger charge is 2.34. The Morgan fingerprint density at radius 2 is 1.78 bits per heavy atom. The first-order valence-corrected chi connectivity index (χ1v) is 10.8.